The van der Waals surface area contributed by atoms with Crippen LogP contribution in [0.25, 0.3) is 0 Å². The van der Waals surface area contributed by atoms with E-state index in [-0.39, 0.29) is 11.9 Å². The van der Waals surface area contributed by atoms with Gasteiger partial charge >= 0.3 is 0 Å². The number of tetrazole rings is 1. The number of hydrogen-bond acceptors (Lipinski definition) is 5. The molecule has 94 valence electrons. The third kappa shape index (κ3) is 2.82. The van der Waals surface area contributed by atoms with Gasteiger partial charge in [0.1, 0.15) is 5.75 Å². The van der Waals surface area contributed by atoms with E-state index in [2.05, 4.69) is 25.9 Å². The van der Waals surface area contributed by atoms with Gasteiger partial charge in [0.05, 0.1) is 11.8 Å². The van der Waals surface area contributed by atoms with E-state index in [0.29, 0.717) is 11.4 Å². The number of nitrogens with one attached hydrogen (secondary N) is 2. The fraction of sp³-hybridized carbons (Fsp3) is 0.273. The summed E-state index contributed by atoms with van der Waals surface area (Å²) in [4.78, 5) is 11.8. The second-order valence-electron chi connectivity index (χ2n) is 3.85. The SMILES string of the molecule is CC(C)Oc1ccccc1NC(=O)c1nn[nH]n1. The van der Waals surface area contributed by atoms with Crippen molar-refractivity contribution in [3.8, 4) is 5.75 Å². The molecule has 0 atom stereocenters. The molecular weight excluding hydrogens is 234 g/mol. The minimum absolute atomic E-state index is 0.0191. The molecular formula is C11H13N5O2. The third-order valence-electron chi connectivity index (χ3n) is 2.05. The molecule has 0 aliphatic rings. The molecule has 0 unspecified atom stereocenters. The largest absolute Gasteiger partial charge is 0.489 e. The van der Waals surface area contributed by atoms with Gasteiger partial charge in [0.15, 0.2) is 0 Å². The molecule has 2 N–H and O–H groups in total. The highest BCUT2D eigenvalue weighted by atomic mass is 16.5. The molecule has 0 bridgehead atoms. The predicted molar refractivity (Wildman–Crippen MR) is 64.3 cm³/mol. The molecule has 0 aliphatic carbocycles. The minimum Gasteiger partial charge on any atom is -0.489 e. The Balaban J connectivity index is 2.16. The highest BCUT2D eigenvalue weighted by Gasteiger charge is 2.13. The Morgan fingerprint density at radius 2 is 2.17 bits per heavy atom. The summed E-state index contributed by atoms with van der Waals surface area (Å²) < 4.78 is 5.58. The highest BCUT2D eigenvalue weighted by Crippen LogP contribution is 2.24. The van der Waals surface area contributed by atoms with Gasteiger partial charge in [-0.15, -0.1) is 10.2 Å². The van der Waals surface area contributed by atoms with Crippen molar-refractivity contribution in [3.05, 3.63) is 30.1 Å². The first-order valence-electron chi connectivity index (χ1n) is 5.47. The van der Waals surface area contributed by atoms with Crippen LogP contribution in [0.3, 0.4) is 0 Å². The Morgan fingerprint density at radius 3 is 2.83 bits per heavy atom. The number of aromatic nitrogens is 4. The molecule has 18 heavy (non-hydrogen) atoms. The van der Waals surface area contributed by atoms with E-state index >= 15 is 0 Å². The molecule has 1 aromatic heterocycles. The Kier molecular flexibility index (Phi) is 3.52. The zero-order valence-electron chi connectivity index (χ0n) is 10.0. The number of nitrogens with zero attached hydrogens (tertiary/aromatic N) is 3. The Hall–Kier alpha value is -2.44. The fourth-order valence-corrected chi connectivity index (χ4v) is 1.36. The number of anilines is 1. The van der Waals surface area contributed by atoms with Gasteiger partial charge in [-0.05, 0) is 31.2 Å². The second kappa shape index (κ2) is 5.26. The van der Waals surface area contributed by atoms with Gasteiger partial charge in [-0.3, -0.25) is 4.79 Å². The average Bonchev–Trinajstić information content (AvgIpc) is 2.84. The van der Waals surface area contributed by atoms with Gasteiger partial charge in [-0.25, -0.2) is 0 Å². The van der Waals surface area contributed by atoms with Crippen molar-refractivity contribution in [1.82, 2.24) is 20.6 Å². The number of hydrogen-bond donors (Lipinski definition) is 2. The van der Waals surface area contributed by atoms with Crippen LogP contribution in [-0.2, 0) is 0 Å². The maximum absolute atomic E-state index is 11.8. The molecule has 0 aliphatic heterocycles. The van der Waals surface area contributed by atoms with Crippen molar-refractivity contribution in [2.24, 2.45) is 0 Å². The molecule has 0 spiro atoms. The number of carbonyl (C=O) groups is 1. The molecule has 0 saturated heterocycles. The summed E-state index contributed by atoms with van der Waals surface area (Å²) in [5, 5.41) is 15.4. The molecule has 1 amide bonds. The van der Waals surface area contributed by atoms with Crippen LogP contribution in [-0.4, -0.2) is 32.6 Å². The summed E-state index contributed by atoms with van der Waals surface area (Å²) in [6, 6.07) is 7.17. The van der Waals surface area contributed by atoms with Crippen LogP contribution in [0.4, 0.5) is 5.69 Å². The van der Waals surface area contributed by atoms with Crippen LogP contribution in [0.5, 0.6) is 5.75 Å². The molecule has 2 rings (SSSR count). The van der Waals surface area contributed by atoms with Crippen molar-refractivity contribution in [2.75, 3.05) is 5.32 Å². The summed E-state index contributed by atoms with van der Waals surface area (Å²) >= 11 is 0. The van der Waals surface area contributed by atoms with Crippen molar-refractivity contribution in [3.63, 3.8) is 0 Å². The van der Waals surface area contributed by atoms with Crippen LogP contribution >= 0.6 is 0 Å². The molecule has 0 saturated carbocycles. The molecule has 7 nitrogen and oxygen atoms in total. The lowest BCUT2D eigenvalue weighted by Gasteiger charge is -2.13. The van der Waals surface area contributed by atoms with Crippen molar-refractivity contribution in [1.29, 1.82) is 0 Å². The molecule has 7 heteroatoms. The van der Waals surface area contributed by atoms with E-state index in [4.69, 9.17) is 4.74 Å². The quantitative estimate of drug-likeness (QED) is 0.847. The molecule has 2 aromatic rings. The summed E-state index contributed by atoms with van der Waals surface area (Å²) in [6.45, 7) is 3.83. The van der Waals surface area contributed by atoms with Gasteiger partial charge in [0, 0.05) is 0 Å². The number of carbonyl (C=O) groups excluding carboxylic acids is 1. The van der Waals surface area contributed by atoms with Gasteiger partial charge in [0.2, 0.25) is 0 Å². The van der Waals surface area contributed by atoms with Gasteiger partial charge in [-0.1, -0.05) is 12.1 Å². The standard InChI is InChI=1S/C11H13N5O2/c1-7(2)18-9-6-4-3-5-8(9)12-11(17)10-13-15-16-14-10/h3-7H,1-2H3,(H,12,17)(H,13,14,15,16). The molecule has 0 radical (unpaired) electrons. The first-order chi connectivity index (χ1) is 8.66. The molecule has 0 fully saturated rings. The van der Waals surface area contributed by atoms with Crippen molar-refractivity contribution < 1.29 is 9.53 Å². The lowest BCUT2D eigenvalue weighted by Crippen LogP contribution is -2.15. The number of aromatic amines is 1. The monoisotopic (exact) mass is 247 g/mol. The van der Waals surface area contributed by atoms with E-state index in [0.717, 1.165) is 0 Å². The number of H-pyrrole nitrogens is 1. The third-order valence-corrected chi connectivity index (χ3v) is 2.05. The number of amides is 1. The van der Waals surface area contributed by atoms with Gasteiger partial charge in [-0.2, -0.15) is 5.21 Å². The van der Waals surface area contributed by atoms with E-state index < -0.39 is 5.91 Å². The lowest BCUT2D eigenvalue weighted by atomic mass is 10.3. The van der Waals surface area contributed by atoms with Gasteiger partial charge in [0.25, 0.3) is 11.7 Å². The molecule has 1 aromatic carbocycles. The average molecular weight is 247 g/mol. The van der Waals surface area contributed by atoms with Crippen LogP contribution in [0.2, 0.25) is 0 Å². The summed E-state index contributed by atoms with van der Waals surface area (Å²) in [6.07, 6.45) is 0.0215. The number of rotatable bonds is 4. The van der Waals surface area contributed by atoms with Gasteiger partial charge < -0.3 is 10.1 Å². The smallest absolute Gasteiger partial charge is 0.297 e. The van der Waals surface area contributed by atoms with Crippen molar-refractivity contribution >= 4 is 11.6 Å². The van der Waals surface area contributed by atoms with E-state index in [1.54, 1.807) is 18.2 Å². The number of benzene rings is 1. The van der Waals surface area contributed by atoms with Crippen LogP contribution in [0.1, 0.15) is 24.5 Å². The Bertz CT molecular complexity index is 524. The summed E-state index contributed by atoms with van der Waals surface area (Å²) in [5.74, 6) is 0.141. The topological polar surface area (TPSA) is 92.8 Å². The van der Waals surface area contributed by atoms with Crippen LogP contribution in [0.15, 0.2) is 24.3 Å². The van der Waals surface area contributed by atoms with Crippen molar-refractivity contribution in [2.45, 2.75) is 20.0 Å². The summed E-state index contributed by atoms with van der Waals surface area (Å²) in [7, 11) is 0. The van der Waals surface area contributed by atoms with Crippen LogP contribution in [0, 0.1) is 0 Å². The predicted octanol–water partition coefficient (Wildman–Crippen LogP) is 1.24. The zero-order valence-corrected chi connectivity index (χ0v) is 10.0. The normalized spacial score (nSPS) is 10.4. The molecule has 1 heterocycles. The number of para-hydroxylation sites is 2. The first-order valence-corrected chi connectivity index (χ1v) is 5.47. The maximum Gasteiger partial charge on any atom is 0.297 e. The highest BCUT2D eigenvalue weighted by molar-refractivity contribution is 6.02. The number of ether oxygens (including phenoxy) is 1. The lowest BCUT2D eigenvalue weighted by molar-refractivity contribution is 0.101. The van der Waals surface area contributed by atoms with E-state index in [1.807, 2.05) is 19.9 Å². The maximum atomic E-state index is 11.8. The second-order valence-corrected chi connectivity index (χ2v) is 3.85. The van der Waals surface area contributed by atoms with Crippen LogP contribution < -0.4 is 10.1 Å². The first kappa shape index (κ1) is 12.0. The Labute approximate surface area is 104 Å². The minimum atomic E-state index is -0.441. The fourth-order valence-electron chi connectivity index (χ4n) is 1.36. The summed E-state index contributed by atoms with van der Waals surface area (Å²) in [5.41, 5.74) is 0.570. The Morgan fingerprint density at radius 1 is 1.39 bits per heavy atom. The zero-order chi connectivity index (χ0) is 13.0. The van der Waals surface area contributed by atoms with E-state index in [1.165, 1.54) is 0 Å². The van der Waals surface area contributed by atoms with E-state index in [9.17, 15) is 4.79 Å².